The smallest absolute Gasteiger partial charge is 0.339 e. The minimum absolute atomic E-state index is 0.00855. The molecule has 5 rings (SSSR count). The molecule has 3 unspecified atom stereocenters. The van der Waals surface area contributed by atoms with Crippen molar-refractivity contribution >= 4 is 16.3 Å². The van der Waals surface area contributed by atoms with Crippen molar-refractivity contribution in [3.63, 3.8) is 0 Å². The van der Waals surface area contributed by atoms with Gasteiger partial charge in [-0.15, -0.1) is 0 Å². The van der Waals surface area contributed by atoms with E-state index in [2.05, 4.69) is 6.58 Å². The second-order valence-electron chi connectivity index (χ2n) is 7.57. The summed E-state index contributed by atoms with van der Waals surface area (Å²) in [6, 6.07) is -0.00855. The maximum Gasteiger partial charge on any atom is 0.339 e. The third-order valence-corrected chi connectivity index (χ3v) is 7.88. The van der Waals surface area contributed by atoms with Crippen LogP contribution in [0.15, 0.2) is 12.2 Å². The van der Waals surface area contributed by atoms with E-state index in [0.717, 1.165) is 12.8 Å². The van der Waals surface area contributed by atoms with Gasteiger partial charge in [-0.1, -0.05) is 6.58 Å². The van der Waals surface area contributed by atoms with E-state index < -0.39 is 15.8 Å². The van der Waals surface area contributed by atoms with E-state index in [-0.39, 0.29) is 42.3 Å². The number of hydrogen-bond acceptors (Lipinski definition) is 6. The van der Waals surface area contributed by atoms with E-state index in [9.17, 15) is 13.2 Å². The molecular weight excluding hydrogens is 322 g/mol. The first-order valence-corrected chi connectivity index (χ1v) is 9.42. The summed E-state index contributed by atoms with van der Waals surface area (Å²) in [5, 5.41) is 0. The Hall–Kier alpha value is -0.960. The highest BCUT2D eigenvalue weighted by atomic mass is 32.2. The second kappa shape index (κ2) is 3.99. The van der Waals surface area contributed by atoms with Crippen LogP contribution < -0.4 is 0 Å². The highest BCUT2D eigenvalue weighted by molar-refractivity contribution is 7.85. The Morgan fingerprint density at radius 2 is 2.09 bits per heavy atom. The lowest BCUT2D eigenvalue weighted by Gasteiger charge is -2.21. The third-order valence-electron chi connectivity index (χ3n) is 6.36. The molecule has 7 atom stereocenters. The quantitative estimate of drug-likeness (QED) is 0.363. The van der Waals surface area contributed by atoms with Gasteiger partial charge in [0.15, 0.2) is 0 Å². The molecule has 8 heteroatoms. The molecule has 0 amide bonds. The number of ether oxygens (including phenoxy) is 2. The normalized spacial score (nSPS) is 56.0. The fourth-order valence-corrected chi connectivity index (χ4v) is 6.60. The van der Waals surface area contributed by atoms with Crippen LogP contribution >= 0.6 is 0 Å². The molecule has 0 N–H and O–H groups in total. The molecule has 7 nitrogen and oxygen atoms in total. The summed E-state index contributed by atoms with van der Waals surface area (Å²) in [5.74, 6) is -0.456. The van der Waals surface area contributed by atoms with Crippen molar-refractivity contribution in [1.29, 1.82) is 0 Å². The molecule has 5 fully saturated rings. The Kier molecular flexibility index (Phi) is 2.49. The minimum Gasteiger partial charge on any atom is -0.455 e. The molecule has 0 aromatic carbocycles. The van der Waals surface area contributed by atoms with Crippen molar-refractivity contribution in [2.75, 3.05) is 6.61 Å². The van der Waals surface area contributed by atoms with E-state index in [1.54, 1.807) is 0 Å². The van der Waals surface area contributed by atoms with Crippen LogP contribution in [0.5, 0.6) is 0 Å². The summed E-state index contributed by atoms with van der Waals surface area (Å²) in [6.07, 6.45) is 2.43. The van der Waals surface area contributed by atoms with Gasteiger partial charge in [-0.3, -0.25) is 4.18 Å². The van der Waals surface area contributed by atoms with Crippen molar-refractivity contribution in [2.24, 2.45) is 5.92 Å². The molecule has 1 spiro atoms. The fourth-order valence-electron chi connectivity index (χ4n) is 4.86. The third kappa shape index (κ3) is 1.70. The molecule has 0 aromatic heterocycles. The van der Waals surface area contributed by atoms with Crippen LogP contribution in [0.1, 0.15) is 32.6 Å². The highest BCUT2D eigenvalue weighted by Crippen LogP contribution is 2.59. The number of rotatable bonds is 0. The summed E-state index contributed by atoms with van der Waals surface area (Å²) >= 11 is 0. The Morgan fingerprint density at radius 1 is 1.30 bits per heavy atom. The molecule has 0 bridgehead atoms. The zero-order valence-corrected chi connectivity index (χ0v) is 13.7. The molecule has 4 aliphatic heterocycles. The monoisotopic (exact) mass is 341 g/mol. The van der Waals surface area contributed by atoms with Crippen LogP contribution in [-0.4, -0.2) is 54.7 Å². The largest absolute Gasteiger partial charge is 0.455 e. The van der Waals surface area contributed by atoms with Gasteiger partial charge in [0.25, 0.3) is 0 Å². The molecule has 4 heterocycles. The highest BCUT2D eigenvalue weighted by Gasteiger charge is 2.74. The Morgan fingerprint density at radius 3 is 2.87 bits per heavy atom. The van der Waals surface area contributed by atoms with Crippen LogP contribution in [0.3, 0.4) is 0 Å². The predicted molar refractivity (Wildman–Crippen MR) is 77.5 cm³/mol. The average molecular weight is 341 g/mol. The summed E-state index contributed by atoms with van der Waals surface area (Å²) < 4.78 is 42.0. The van der Waals surface area contributed by atoms with Gasteiger partial charge in [0, 0.05) is 17.5 Å². The van der Waals surface area contributed by atoms with Gasteiger partial charge in [-0.05, 0) is 32.6 Å². The van der Waals surface area contributed by atoms with E-state index >= 15 is 0 Å². The Bertz CT molecular complexity index is 734. The lowest BCUT2D eigenvalue weighted by atomic mass is 9.81. The molecule has 1 aliphatic carbocycles. The molecule has 1 saturated carbocycles. The van der Waals surface area contributed by atoms with Gasteiger partial charge in [0.1, 0.15) is 12.2 Å². The number of esters is 1. The van der Waals surface area contributed by atoms with Gasteiger partial charge in [-0.2, -0.15) is 12.7 Å². The maximum atomic E-state index is 12.1. The zero-order chi connectivity index (χ0) is 16.2. The standard InChI is InChI=1S/C15H19NO6S/c1-8-9-3-6-15-7-20-23(18,19)16(15)10(15)4-5-14(2)12(22-14)11(9)21-13(8)17/h9-12H,1,3-7H2,2H3/t9-,10?,11-,12+,14+,15?,16?/m0/s1. The van der Waals surface area contributed by atoms with E-state index in [1.807, 2.05) is 6.92 Å². The SMILES string of the molecule is C=C1C(=O)O[C@@H]2[C@H]3O[C@]3(C)CCC3N4C3(CC[C@@H]12)COS4(=O)=O. The van der Waals surface area contributed by atoms with Gasteiger partial charge in [0.2, 0.25) is 0 Å². The molecule has 4 saturated heterocycles. The van der Waals surface area contributed by atoms with E-state index in [0.29, 0.717) is 18.4 Å². The molecule has 0 radical (unpaired) electrons. The van der Waals surface area contributed by atoms with Crippen molar-refractivity contribution < 1.29 is 26.9 Å². The van der Waals surface area contributed by atoms with E-state index in [1.165, 1.54) is 4.31 Å². The van der Waals surface area contributed by atoms with Crippen LogP contribution in [0.2, 0.25) is 0 Å². The summed E-state index contributed by atoms with van der Waals surface area (Å²) in [6.45, 7) is 6.10. The van der Waals surface area contributed by atoms with Gasteiger partial charge >= 0.3 is 16.3 Å². The van der Waals surface area contributed by atoms with Gasteiger partial charge < -0.3 is 9.47 Å². The lowest BCUT2D eigenvalue weighted by molar-refractivity contribution is -0.140. The Labute approximate surface area is 134 Å². The molecule has 23 heavy (non-hydrogen) atoms. The lowest BCUT2D eigenvalue weighted by Crippen LogP contribution is -2.32. The number of epoxide rings is 1. The number of hydrogen-bond donors (Lipinski definition) is 0. The van der Waals surface area contributed by atoms with Crippen molar-refractivity contribution in [3.05, 3.63) is 12.2 Å². The van der Waals surface area contributed by atoms with Crippen molar-refractivity contribution in [1.82, 2.24) is 4.31 Å². The summed E-state index contributed by atoms with van der Waals surface area (Å²) in [5.41, 5.74) is -0.294. The maximum absolute atomic E-state index is 12.1. The zero-order valence-electron chi connectivity index (χ0n) is 12.9. The first kappa shape index (κ1) is 14.4. The number of nitrogens with zero attached hydrogens (tertiary/aromatic N) is 1. The number of carbonyl (C=O) groups excluding carboxylic acids is 1. The molecule has 0 aromatic rings. The topological polar surface area (TPSA) is 85.2 Å². The first-order chi connectivity index (χ1) is 10.8. The molecule has 126 valence electrons. The first-order valence-electron chi connectivity index (χ1n) is 8.05. The Balaban J connectivity index is 1.49. The number of fused-ring (bicyclic) bond motifs is 4. The van der Waals surface area contributed by atoms with Crippen LogP contribution in [0, 0.1) is 5.92 Å². The van der Waals surface area contributed by atoms with Crippen LogP contribution in [0.25, 0.3) is 0 Å². The molecule has 5 aliphatic rings. The van der Waals surface area contributed by atoms with Crippen LogP contribution in [-0.2, 0) is 28.8 Å². The van der Waals surface area contributed by atoms with Crippen molar-refractivity contribution in [3.8, 4) is 0 Å². The van der Waals surface area contributed by atoms with Gasteiger partial charge in [-0.25, -0.2) is 4.79 Å². The minimum atomic E-state index is -3.60. The predicted octanol–water partition coefficient (Wildman–Crippen LogP) is 0.514. The summed E-state index contributed by atoms with van der Waals surface area (Å²) in [7, 11) is -3.60. The fraction of sp³-hybridized carbons (Fsp3) is 0.800. The van der Waals surface area contributed by atoms with Crippen molar-refractivity contribution in [2.45, 2.75) is 62.0 Å². The summed E-state index contributed by atoms with van der Waals surface area (Å²) in [4.78, 5) is 11.9. The van der Waals surface area contributed by atoms with Crippen LogP contribution in [0.4, 0.5) is 0 Å². The van der Waals surface area contributed by atoms with Gasteiger partial charge in [0.05, 0.1) is 17.7 Å². The van der Waals surface area contributed by atoms with E-state index in [4.69, 9.17) is 13.7 Å². The number of carbonyl (C=O) groups is 1. The second-order valence-corrected chi connectivity index (χ2v) is 9.05. The average Bonchev–Trinajstić information content (AvgIpc) is 3.28. The molecular formula is C15H19NO6S.